The normalized spacial score (nSPS) is 13.4. The molecular formula is C20H30IN5O2S. The summed E-state index contributed by atoms with van der Waals surface area (Å²) in [6.45, 7) is 3.92. The highest BCUT2D eigenvalue weighted by Gasteiger charge is 2.17. The van der Waals surface area contributed by atoms with Crippen LogP contribution < -0.4 is 10.6 Å². The van der Waals surface area contributed by atoms with Crippen molar-refractivity contribution in [3.8, 4) is 0 Å². The van der Waals surface area contributed by atoms with Gasteiger partial charge in [-0.1, -0.05) is 0 Å². The molecule has 2 aromatic heterocycles. The Hall–Kier alpha value is -1.62. The number of aryl methyl sites for hydroxylation is 3. The molecule has 1 amide bonds. The number of nitrogens with zero attached hydrogens (tertiary/aromatic N) is 3. The van der Waals surface area contributed by atoms with E-state index in [9.17, 15) is 4.79 Å². The third-order valence-electron chi connectivity index (χ3n) is 4.83. The largest absolute Gasteiger partial charge is 0.459 e. The van der Waals surface area contributed by atoms with Crippen LogP contribution in [-0.2, 0) is 19.4 Å². The van der Waals surface area contributed by atoms with Gasteiger partial charge in [0.1, 0.15) is 5.01 Å². The summed E-state index contributed by atoms with van der Waals surface area (Å²) in [6.07, 6.45) is 7.15. The highest BCUT2D eigenvalue weighted by atomic mass is 127. The second-order valence-electron chi connectivity index (χ2n) is 7.06. The quantitative estimate of drug-likeness (QED) is 0.248. The van der Waals surface area contributed by atoms with Crippen molar-refractivity contribution in [3.05, 3.63) is 39.2 Å². The van der Waals surface area contributed by atoms with Crippen molar-refractivity contribution < 1.29 is 9.21 Å². The van der Waals surface area contributed by atoms with Gasteiger partial charge in [0.2, 0.25) is 0 Å². The van der Waals surface area contributed by atoms with Gasteiger partial charge in [-0.15, -0.1) is 35.3 Å². The molecule has 0 saturated heterocycles. The van der Waals surface area contributed by atoms with E-state index in [2.05, 4.69) is 20.5 Å². The molecule has 160 valence electrons. The molecule has 0 spiro atoms. The number of carbonyl (C=O) groups is 1. The zero-order valence-corrected chi connectivity index (χ0v) is 20.4. The molecule has 7 nitrogen and oxygen atoms in total. The molecule has 0 saturated carbocycles. The molecule has 29 heavy (non-hydrogen) atoms. The van der Waals surface area contributed by atoms with Gasteiger partial charge in [-0.05, 0) is 45.1 Å². The molecule has 0 aliphatic heterocycles. The first-order valence-corrected chi connectivity index (χ1v) is 10.6. The minimum atomic E-state index is -0.170. The lowest BCUT2D eigenvalue weighted by Crippen LogP contribution is -2.39. The zero-order chi connectivity index (χ0) is 19.9. The van der Waals surface area contributed by atoms with Crippen LogP contribution in [0.2, 0.25) is 0 Å². The van der Waals surface area contributed by atoms with E-state index < -0.39 is 0 Å². The number of rotatable bonds is 7. The number of nitrogens with one attached hydrogen (secondary N) is 2. The van der Waals surface area contributed by atoms with Gasteiger partial charge in [0.05, 0.1) is 18.5 Å². The number of fused-ring (bicyclic) bond motifs is 1. The van der Waals surface area contributed by atoms with Gasteiger partial charge in [-0.25, -0.2) is 4.98 Å². The summed E-state index contributed by atoms with van der Waals surface area (Å²) in [4.78, 5) is 24.7. The van der Waals surface area contributed by atoms with Crippen molar-refractivity contribution in [1.82, 2.24) is 20.5 Å². The topological polar surface area (TPSA) is 82.8 Å². The maximum Gasteiger partial charge on any atom is 0.287 e. The molecule has 3 rings (SSSR count). The molecule has 2 heterocycles. The predicted molar refractivity (Wildman–Crippen MR) is 127 cm³/mol. The first-order valence-electron chi connectivity index (χ1n) is 9.80. The summed E-state index contributed by atoms with van der Waals surface area (Å²) < 4.78 is 5.20. The maximum absolute atomic E-state index is 12.0. The molecule has 2 aromatic rings. The van der Waals surface area contributed by atoms with Gasteiger partial charge in [0.25, 0.3) is 5.91 Å². The number of amides is 1. The van der Waals surface area contributed by atoms with Gasteiger partial charge < -0.3 is 20.0 Å². The third kappa shape index (κ3) is 6.43. The summed E-state index contributed by atoms with van der Waals surface area (Å²) in [5, 5.41) is 7.38. The van der Waals surface area contributed by atoms with Crippen molar-refractivity contribution in [3.63, 3.8) is 0 Å². The summed E-state index contributed by atoms with van der Waals surface area (Å²) >= 11 is 1.83. The van der Waals surface area contributed by atoms with Crippen LogP contribution in [-0.4, -0.2) is 48.9 Å². The van der Waals surface area contributed by atoms with Crippen LogP contribution in [0.15, 0.2) is 21.7 Å². The minimum absolute atomic E-state index is 0. The molecule has 0 atom stereocenters. The number of thiazole rings is 1. The van der Waals surface area contributed by atoms with Crippen LogP contribution in [0, 0.1) is 6.92 Å². The molecule has 1 aliphatic carbocycles. The minimum Gasteiger partial charge on any atom is -0.459 e. The number of carbonyl (C=O) groups excluding carboxylic acids is 1. The van der Waals surface area contributed by atoms with Gasteiger partial charge in [0, 0.05) is 37.6 Å². The SMILES string of the molecule is CN=C(NCCCNC(=O)c1occc1C)N(C)Cc1nc2c(s1)CCCC2.I. The first-order chi connectivity index (χ1) is 13.6. The van der Waals surface area contributed by atoms with Crippen LogP contribution in [0.5, 0.6) is 0 Å². The predicted octanol–water partition coefficient (Wildman–Crippen LogP) is 3.37. The smallest absolute Gasteiger partial charge is 0.287 e. The molecule has 2 N–H and O–H groups in total. The first kappa shape index (κ1) is 23.7. The number of halogens is 1. The van der Waals surface area contributed by atoms with Crippen molar-refractivity contribution in [2.45, 2.75) is 45.6 Å². The molecule has 0 radical (unpaired) electrons. The zero-order valence-electron chi connectivity index (χ0n) is 17.3. The lowest BCUT2D eigenvalue weighted by atomic mass is 10.0. The Morgan fingerprint density at radius 1 is 1.31 bits per heavy atom. The second kappa shape index (κ2) is 11.5. The number of aromatic nitrogens is 1. The Labute approximate surface area is 193 Å². The van der Waals surface area contributed by atoms with E-state index >= 15 is 0 Å². The average molecular weight is 531 g/mol. The van der Waals surface area contributed by atoms with Gasteiger partial charge >= 0.3 is 0 Å². The molecule has 0 unspecified atom stereocenters. The number of guanidine groups is 1. The fourth-order valence-corrected chi connectivity index (χ4v) is 4.52. The van der Waals surface area contributed by atoms with E-state index in [1.807, 2.05) is 25.3 Å². The van der Waals surface area contributed by atoms with Crippen molar-refractivity contribution in [2.24, 2.45) is 4.99 Å². The fourth-order valence-electron chi connectivity index (χ4n) is 3.31. The summed E-state index contributed by atoms with van der Waals surface area (Å²) in [6, 6.07) is 1.79. The van der Waals surface area contributed by atoms with Gasteiger partial charge in [0.15, 0.2) is 11.7 Å². The van der Waals surface area contributed by atoms with Crippen molar-refractivity contribution in [1.29, 1.82) is 0 Å². The van der Waals surface area contributed by atoms with E-state index in [4.69, 9.17) is 9.40 Å². The number of furan rings is 1. The summed E-state index contributed by atoms with van der Waals surface area (Å²) in [5.41, 5.74) is 2.15. The molecule has 0 bridgehead atoms. The Bertz CT molecular complexity index is 809. The highest BCUT2D eigenvalue weighted by molar-refractivity contribution is 14.0. The Kier molecular flexibility index (Phi) is 9.41. The second-order valence-corrected chi connectivity index (χ2v) is 8.22. The Morgan fingerprint density at radius 3 is 2.76 bits per heavy atom. The van der Waals surface area contributed by atoms with E-state index in [1.54, 1.807) is 13.1 Å². The molecule has 1 aliphatic rings. The van der Waals surface area contributed by atoms with E-state index in [1.165, 1.54) is 36.1 Å². The number of hydrogen-bond acceptors (Lipinski definition) is 5. The lowest BCUT2D eigenvalue weighted by Gasteiger charge is -2.21. The van der Waals surface area contributed by atoms with Crippen LogP contribution in [0.3, 0.4) is 0 Å². The van der Waals surface area contributed by atoms with Crippen LogP contribution in [0.1, 0.15) is 51.0 Å². The number of aliphatic imine (C=N–C) groups is 1. The summed E-state index contributed by atoms with van der Waals surface area (Å²) in [7, 11) is 3.81. The van der Waals surface area contributed by atoms with E-state index in [0.29, 0.717) is 12.3 Å². The van der Waals surface area contributed by atoms with Crippen LogP contribution >= 0.6 is 35.3 Å². The maximum atomic E-state index is 12.0. The molecule has 0 aromatic carbocycles. The Balaban J connectivity index is 0.00000300. The highest BCUT2D eigenvalue weighted by Crippen LogP contribution is 2.27. The van der Waals surface area contributed by atoms with Gasteiger partial charge in [-0.3, -0.25) is 9.79 Å². The Morgan fingerprint density at radius 2 is 2.07 bits per heavy atom. The summed E-state index contributed by atoms with van der Waals surface area (Å²) in [5.74, 6) is 1.05. The van der Waals surface area contributed by atoms with E-state index in [0.717, 1.165) is 42.5 Å². The van der Waals surface area contributed by atoms with Crippen molar-refractivity contribution >= 4 is 47.2 Å². The molecule has 0 fully saturated rings. The van der Waals surface area contributed by atoms with Crippen molar-refractivity contribution in [2.75, 3.05) is 27.2 Å². The average Bonchev–Trinajstić information content (AvgIpc) is 3.29. The molecule has 9 heteroatoms. The number of hydrogen-bond donors (Lipinski definition) is 2. The van der Waals surface area contributed by atoms with Crippen LogP contribution in [0.25, 0.3) is 0 Å². The monoisotopic (exact) mass is 531 g/mol. The molecular weight excluding hydrogens is 501 g/mol. The standard InChI is InChI=1S/C20H29N5O2S.HI/c1-14-9-12-27-18(14)19(26)22-10-6-11-23-20(21-2)25(3)13-17-24-15-7-4-5-8-16(15)28-17;/h9,12H,4-8,10-11,13H2,1-3H3,(H,21,23)(H,22,26);1H. The van der Waals surface area contributed by atoms with Gasteiger partial charge in [-0.2, -0.15) is 0 Å². The third-order valence-corrected chi connectivity index (χ3v) is 5.97. The lowest BCUT2D eigenvalue weighted by molar-refractivity contribution is 0.0925. The van der Waals surface area contributed by atoms with Crippen LogP contribution in [0.4, 0.5) is 0 Å². The fraction of sp³-hybridized carbons (Fsp3) is 0.550. The van der Waals surface area contributed by atoms with E-state index in [-0.39, 0.29) is 29.9 Å².